The number of hydrogen-bond acceptors (Lipinski definition) is 7. The second-order valence-electron chi connectivity index (χ2n) is 6.95. The third-order valence-electron chi connectivity index (χ3n) is 4.47. The topological polar surface area (TPSA) is 120 Å². The van der Waals surface area contributed by atoms with E-state index in [1.807, 2.05) is 6.07 Å². The zero-order chi connectivity index (χ0) is 22.4. The molecule has 150 valence electrons. The van der Waals surface area contributed by atoms with Crippen LogP contribution >= 0.6 is 0 Å². The van der Waals surface area contributed by atoms with E-state index in [9.17, 15) is 10.1 Å². The predicted molar refractivity (Wildman–Crippen MR) is 111 cm³/mol. The molecule has 2 heterocycles. The molecule has 0 unspecified atom stereocenters. The second kappa shape index (κ2) is 8.78. The van der Waals surface area contributed by atoms with Crippen LogP contribution < -0.4 is 4.74 Å². The summed E-state index contributed by atoms with van der Waals surface area (Å²) < 4.78 is 11.0. The summed E-state index contributed by atoms with van der Waals surface area (Å²) in [4.78, 5) is 16.0. The van der Waals surface area contributed by atoms with E-state index >= 15 is 0 Å². The van der Waals surface area contributed by atoms with Crippen LogP contribution in [0.15, 0.2) is 77.2 Å². The fraction of sp³-hybridized carbons (Fsp3) is 0.125. The van der Waals surface area contributed by atoms with Gasteiger partial charge < -0.3 is 9.47 Å². The zero-order valence-electron chi connectivity index (χ0n) is 16.8. The number of carbonyl (C=O) groups is 1. The molecule has 0 amide bonds. The average Bonchev–Trinajstić information content (AvgIpc) is 3.04. The van der Waals surface area contributed by atoms with Gasteiger partial charge in [-0.1, -0.05) is 30.4 Å². The predicted octanol–water partition coefficient (Wildman–Crippen LogP) is 4.24. The molecule has 0 aliphatic carbocycles. The van der Waals surface area contributed by atoms with Gasteiger partial charge in [-0.05, 0) is 43.7 Å². The molecule has 0 saturated heterocycles. The molecule has 0 atom stereocenters. The molecule has 31 heavy (non-hydrogen) atoms. The van der Waals surface area contributed by atoms with Crippen LogP contribution in [0.25, 0.3) is 6.08 Å². The van der Waals surface area contributed by atoms with Crippen molar-refractivity contribution in [1.82, 2.24) is 4.98 Å². The van der Waals surface area contributed by atoms with Gasteiger partial charge in [0.25, 0.3) is 0 Å². The van der Waals surface area contributed by atoms with Crippen LogP contribution in [0.5, 0.6) is 5.75 Å². The van der Waals surface area contributed by atoms with Crippen molar-refractivity contribution < 1.29 is 14.3 Å². The van der Waals surface area contributed by atoms with Gasteiger partial charge in [-0.2, -0.15) is 15.8 Å². The summed E-state index contributed by atoms with van der Waals surface area (Å²) >= 11 is 0. The number of carbonyl (C=O) groups excluding carboxylic acids is 1. The van der Waals surface area contributed by atoms with Crippen LogP contribution in [-0.2, 0) is 4.74 Å². The molecular formula is C24H16N4O3. The van der Waals surface area contributed by atoms with Gasteiger partial charge in [-0.15, -0.1) is 0 Å². The summed E-state index contributed by atoms with van der Waals surface area (Å²) in [7, 11) is 0. The second-order valence-corrected chi connectivity index (χ2v) is 6.95. The number of benzene rings is 1. The molecule has 2 aromatic rings. The largest absolute Gasteiger partial charge is 0.480 e. The van der Waals surface area contributed by atoms with Gasteiger partial charge >= 0.3 is 5.97 Å². The van der Waals surface area contributed by atoms with E-state index in [0.29, 0.717) is 11.3 Å². The molecule has 1 aliphatic heterocycles. The molecular weight excluding hydrogens is 392 g/mol. The van der Waals surface area contributed by atoms with E-state index in [1.165, 1.54) is 6.20 Å². The Morgan fingerprint density at radius 3 is 2.35 bits per heavy atom. The molecule has 1 aromatic heterocycles. The van der Waals surface area contributed by atoms with E-state index < -0.39 is 11.6 Å². The lowest BCUT2D eigenvalue weighted by molar-refractivity contribution is 0.0728. The third-order valence-corrected chi connectivity index (χ3v) is 4.47. The summed E-state index contributed by atoms with van der Waals surface area (Å²) in [5, 5.41) is 27.8. The van der Waals surface area contributed by atoms with Crippen molar-refractivity contribution in [3.05, 3.63) is 88.5 Å². The Morgan fingerprint density at radius 1 is 1.06 bits per heavy atom. The molecule has 0 spiro atoms. The first kappa shape index (κ1) is 21.0. The van der Waals surface area contributed by atoms with E-state index in [4.69, 9.17) is 20.0 Å². The van der Waals surface area contributed by atoms with Crippen LogP contribution in [0.2, 0.25) is 0 Å². The maximum atomic E-state index is 12.1. The first-order valence-electron chi connectivity index (χ1n) is 9.19. The molecule has 0 fully saturated rings. The first-order chi connectivity index (χ1) is 14.9. The van der Waals surface area contributed by atoms with E-state index in [0.717, 1.165) is 5.56 Å². The highest BCUT2D eigenvalue weighted by molar-refractivity contribution is 5.88. The smallest absolute Gasteiger partial charge is 0.362 e. The fourth-order valence-electron chi connectivity index (χ4n) is 2.95. The molecule has 0 bridgehead atoms. The number of hydrogen-bond donors (Lipinski definition) is 0. The average molecular weight is 408 g/mol. The molecule has 3 rings (SSSR count). The van der Waals surface area contributed by atoms with Crippen molar-refractivity contribution in [2.75, 3.05) is 0 Å². The number of pyridine rings is 1. The minimum Gasteiger partial charge on any atom is -0.480 e. The number of rotatable bonds is 4. The quantitative estimate of drug-likeness (QED) is 0.421. The molecule has 0 N–H and O–H groups in total. The summed E-state index contributed by atoms with van der Waals surface area (Å²) in [5.74, 6) is -0.191. The molecule has 1 aliphatic rings. The Morgan fingerprint density at radius 2 is 1.77 bits per heavy atom. The van der Waals surface area contributed by atoms with Gasteiger partial charge in [-0.3, -0.25) is 0 Å². The Hall–Kier alpha value is -4.67. The normalized spacial score (nSPS) is 14.4. The van der Waals surface area contributed by atoms with Crippen molar-refractivity contribution in [3.8, 4) is 24.0 Å². The molecule has 1 aromatic carbocycles. The van der Waals surface area contributed by atoms with Gasteiger partial charge in [-0.25, -0.2) is 9.78 Å². The van der Waals surface area contributed by atoms with Crippen LogP contribution in [0.1, 0.15) is 29.9 Å². The van der Waals surface area contributed by atoms with Crippen LogP contribution in [0.3, 0.4) is 0 Å². The zero-order valence-corrected chi connectivity index (χ0v) is 16.8. The Balaban J connectivity index is 1.83. The van der Waals surface area contributed by atoms with Crippen molar-refractivity contribution >= 4 is 12.0 Å². The minimum atomic E-state index is -0.881. The van der Waals surface area contributed by atoms with Crippen LogP contribution in [-0.4, -0.2) is 16.6 Å². The maximum Gasteiger partial charge on any atom is 0.362 e. The number of aromatic nitrogens is 1. The highest BCUT2D eigenvalue weighted by atomic mass is 16.5. The van der Waals surface area contributed by atoms with E-state index in [2.05, 4.69) is 4.98 Å². The number of allylic oxidation sites excluding steroid dienone is 2. The van der Waals surface area contributed by atoms with Crippen LogP contribution in [0, 0.1) is 34.0 Å². The number of nitrogens with zero attached hydrogens (tertiary/aromatic N) is 4. The van der Waals surface area contributed by atoms with Gasteiger partial charge in [0.05, 0.1) is 0 Å². The summed E-state index contributed by atoms with van der Waals surface area (Å²) in [5.41, 5.74) is 0.583. The van der Waals surface area contributed by atoms with E-state index in [-0.39, 0.29) is 22.6 Å². The van der Waals surface area contributed by atoms with E-state index in [1.54, 1.807) is 80.6 Å². The summed E-state index contributed by atoms with van der Waals surface area (Å²) in [6, 6.07) is 17.3. The SMILES string of the molecule is CC1(C)OC(=C(C#N)C#N)C(C#N)=C1/C=C/c1ccc(OC(=O)c2ccccn2)cc1. The maximum absolute atomic E-state index is 12.1. The van der Waals surface area contributed by atoms with Crippen molar-refractivity contribution in [3.63, 3.8) is 0 Å². The van der Waals surface area contributed by atoms with Crippen molar-refractivity contribution in [1.29, 1.82) is 15.8 Å². The standard InChI is InChI=1S/C24H16N4O3/c1-24(2)20(19(15-27)22(31-24)17(13-25)14-26)11-8-16-6-9-18(10-7-16)30-23(29)21-5-3-4-12-28-21/h3-12H,1-2H3/b11-8+. The Kier molecular flexibility index (Phi) is 5.96. The first-order valence-corrected chi connectivity index (χ1v) is 9.19. The lowest BCUT2D eigenvalue weighted by atomic mass is 9.94. The van der Waals surface area contributed by atoms with Gasteiger partial charge in [0, 0.05) is 11.8 Å². The fourth-order valence-corrected chi connectivity index (χ4v) is 2.95. The summed E-state index contributed by atoms with van der Waals surface area (Å²) in [6.07, 6.45) is 5.00. The molecule has 0 radical (unpaired) electrons. The highest BCUT2D eigenvalue weighted by Crippen LogP contribution is 2.40. The van der Waals surface area contributed by atoms with Gasteiger partial charge in [0.2, 0.25) is 0 Å². The molecule has 7 nitrogen and oxygen atoms in total. The van der Waals surface area contributed by atoms with Crippen molar-refractivity contribution in [2.45, 2.75) is 19.4 Å². The minimum absolute atomic E-state index is 0.00562. The number of ether oxygens (including phenoxy) is 2. The highest BCUT2D eigenvalue weighted by Gasteiger charge is 2.38. The molecule has 7 heteroatoms. The third kappa shape index (κ3) is 4.50. The van der Waals surface area contributed by atoms with Gasteiger partial charge in [0.1, 0.15) is 40.8 Å². The lowest BCUT2D eigenvalue weighted by Gasteiger charge is -2.20. The molecule has 0 saturated carbocycles. The number of esters is 1. The summed E-state index contributed by atoms with van der Waals surface area (Å²) in [6.45, 7) is 3.51. The Labute approximate surface area is 179 Å². The Bertz CT molecular complexity index is 1220. The van der Waals surface area contributed by atoms with Crippen molar-refractivity contribution in [2.24, 2.45) is 0 Å². The van der Waals surface area contributed by atoms with Crippen LogP contribution in [0.4, 0.5) is 0 Å². The number of nitriles is 3. The van der Waals surface area contributed by atoms with Gasteiger partial charge in [0.15, 0.2) is 11.3 Å². The monoisotopic (exact) mass is 408 g/mol. The lowest BCUT2D eigenvalue weighted by Crippen LogP contribution is -2.20.